The number of para-hydroxylation sites is 1. The Morgan fingerprint density at radius 2 is 1.75 bits per heavy atom. The molecule has 2 heterocycles. The largest absolute Gasteiger partial charge is 0.450 e. The van der Waals surface area contributed by atoms with Crippen molar-refractivity contribution in [2.75, 3.05) is 32.8 Å². The van der Waals surface area contributed by atoms with Crippen molar-refractivity contribution in [1.82, 2.24) is 19.4 Å². The second-order valence-corrected chi connectivity index (χ2v) is 5.46. The van der Waals surface area contributed by atoms with Crippen LogP contribution in [0.1, 0.15) is 17.4 Å². The molecule has 0 aliphatic carbocycles. The van der Waals surface area contributed by atoms with Crippen LogP contribution >= 0.6 is 0 Å². The van der Waals surface area contributed by atoms with Crippen LogP contribution < -0.4 is 0 Å². The van der Waals surface area contributed by atoms with Crippen molar-refractivity contribution in [3.63, 3.8) is 0 Å². The maximum absolute atomic E-state index is 12.8. The molecule has 1 aromatic carbocycles. The van der Waals surface area contributed by atoms with Crippen molar-refractivity contribution in [2.24, 2.45) is 0 Å². The van der Waals surface area contributed by atoms with Crippen molar-refractivity contribution in [2.45, 2.75) is 6.92 Å². The molecular weight excluding hydrogens is 308 g/mol. The number of piperazine rings is 1. The Morgan fingerprint density at radius 1 is 1.08 bits per heavy atom. The third-order valence-electron chi connectivity index (χ3n) is 3.98. The van der Waals surface area contributed by atoms with Gasteiger partial charge in [-0.25, -0.2) is 9.78 Å². The molecule has 1 fully saturated rings. The van der Waals surface area contributed by atoms with Crippen molar-refractivity contribution in [3.05, 3.63) is 48.5 Å². The smallest absolute Gasteiger partial charge is 0.409 e. The van der Waals surface area contributed by atoms with Gasteiger partial charge in [0.25, 0.3) is 5.91 Å². The van der Waals surface area contributed by atoms with E-state index in [1.54, 1.807) is 33.8 Å². The summed E-state index contributed by atoms with van der Waals surface area (Å²) in [4.78, 5) is 32.0. The Bertz CT molecular complexity index is 706. The van der Waals surface area contributed by atoms with Gasteiger partial charge in [-0.05, 0) is 19.1 Å². The number of carbonyl (C=O) groups excluding carboxylic acids is 2. The number of benzene rings is 1. The standard InChI is InChI=1S/C17H20N4O3/c1-2-24-17(23)20-10-8-19(9-11-20)16(22)15-12-18-13-21(15)14-6-4-3-5-7-14/h3-7,12-13H,2,8-11H2,1H3. The predicted octanol–water partition coefficient (Wildman–Crippen LogP) is 1.79. The number of nitrogens with zero attached hydrogens (tertiary/aromatic N) is 4. The summed E-state index contributed by atoms with van der Waals surface area (Å²) in [6, 6.07) is 9.62. The zero-order valence-electron chi connectivity index (χ0n) is 13.6. The van der Waals surface area contributed by atoms with E-state index in [0.29, 0.717) is 38.5 Å². The molecule has 1 aliphatic rings. The molecule has 126 valence electrons. The van der Waals surface area contributed by atoms with E-state index in [-0.39, 0.29) is 12.0 Å². The molecule has 0 saturated carbocycles. The highest BCUT2D eigenvalue weighted by molar-refractivity contribution is 5.93. The SMILES string of the molecule is CCOC(=O)N1CCN(C(=O)c2cncn2-c2ccccc2)CC1. The Kier molecular flexibility index (Phi) is 4.79. The summed E-state index contributed by atoms with van der Waals surface area (Å²) < 4.78 is 6.77. The van der Waals surface area contributed by atoms with Crippen molar-refractivity contribution in [1.29, 1.82) is 0 Å². The Labute approximate surface area is 140 Å². The number of hydrogen-bond donors (Lipinski definition) is 0. The monoisotopic (exact) mass is 328 g/mol. The predicted molar refractivity (Wildman–Crippen MR) is 88.1 cm³/mol. The Hall–Kier alpha value is -2.83. The van der Waals surface area contributed by atoms with Gasteiger partial charge in [-0.2, -0.15) is 0 Å². The summed E-state index contributed by atoms with van der Waals surface area (Å²) in [6.07, 6.45) is 2.89. The number of ether oxygens (including phenoxy) is 1. The first kappa shape index (κ1) is 16.0. The second kappa shape index (κ2) is 7.16. The van der Waals surface area contributed by atoms with E-state index in [0.717, 1.165) is 5.69 Å². The van der Waals surface area contributed by atoms with Crippen LogP contribution in [0.3, 0.4) is 0 Å². The summed E-state index contributed by atoms with van der Waals surface area (Å²) >= 11 is 0. The molecule has 1 aliphatic heterocycles. The molecular formula is C17H20N4O3. The Balaban J connectivity index is 1.69. The number of hydrogen-bond acceptors (Lipinski definition) is 4. The minimum Gasteiger partial charge on any atom is -0.450 e. The van der Waals surface area contributed by atoms with Crippen LogP contribution in [0, 0.1) is 0 Å². The number of aromatic nitrogens is 2. The van der Waals surface area contributed by atoms with E-state index >= 15 is 0 Å². The third-order valence-corrected chi connectivity index (χ3v) is 3.98. The Morgan fingerprint density at radius 3 is 2.42 bits per heavy atom. The average Bonchev–Trinajstić information content (AvgIpc) is 3.12. The van der Waals surface area contributed by atoms with Gasteiger partial charge in [0.15, 0.2) is 0 Å². The zero-order chi connectivity index (χ0) is 16.9. The molecule has 7 nitrogen and oxygen atoms in total. The van der Waals surface area contributed by atoms with Crippen LogP contribution in [0.25, 0.3) is 5.69 Å². The number of imidazole rings is 1. The van der Waals surface area contributed by atoms with E-state index in [9.17, 15) is 9.59 Å². The van der Waals surface area contributed by atoms with Gasteiger partial charge in [0, 0.05) is 31.9 Å². The normalized spacial score (nSPS) is 14.5. The lowest BCUT2D eigenvalue weighted by Crippen LogP contribution is -2.51. The molecule has 2 aromatic rings. The topological polar surface area (TPSA) is 67.7 Å². The molecule has 7 heteroatoms. The fourth-order valence-electron chi connectivity index (χ4n) is 2.72. The summed E-state index contributed by atoms with van der Waals surface area (Å²) in [6.45, 7) is 4.06. The van der Waals surface area contributed by atoms with Gasteiger partial charge in [-0.1, -0.05) is 18.2 Å². The van der Waals surface area contributed by atoms with Gasteiger partial charge in [-0.15, -0.1) is 0 Å². The fraction of sp³-hybridized carbons (Fsp3) is 0.353. The zero-order valence-corrected chi connectivity index (χ0v) is 13.6. The number of rotatable bonds is 3. The van der Waals surface area contributed by atoms with Gasteiger partial charge >= 0.3 is 6.09 Å². The first-order valence-electron chi connectivity index (χ1n) is 7.99. The lowest BCUT2D eigenvalue weighted by atomic mass is 10.2. The lowest BCUT2D eigenvalue weighted by molar-refractivity contribution is 0.0564. The van der Waals surface area contributed by atoms with Crippen molar-refractivity contribution < 1.29 is 14.3 Å². The van der Waals surface area contributed by atoms with E-state index in [1.807, 2.05) is 30.3 Å². The average molecular weight is 328 g/mol. The van der Waals surface area contributed by atoms with Crippen LogP contribution in [0.2, 0.25) is 0 Å². The molecule has 0 atom stereocenters. The van der Waals surface area contributed by atoms with Gasteiger partial charge in [0.1, 0.15) is 5.69 Å². The molecule has 1 aromatic heterocycles. The van der Waals surface area contributed by atoms with Crippen LogP contribution in [-0.4, -0.2) is 64.1 Å². The molecule has 2 amide bonds. The molecule has 24 heavy (non-hydrogen) atoms. The van der Waals surface area contributed by atoms with Crippen LogP contribution in [0.4, 0.5) is 4.79 Å². The van der Waals surface area contributed by atoms with Gasteiger partial charge in [0.05, 0.1) is 19.1 Å². The molecule has 0 bridgehead atoms. The highest BCUT2D eigenvalue weighted by Crippen LogP contribution is 2.14. The minimum absolute atomic E-state index is 0.0835. The summed E-state index contributed by atoms with van der Waals surface area (Å²) in [5, 5.41) is 0. The van der Waals surface area contributed by atoms with Crippen molar-refractivity contribution in [3.8, 4) is 5.69 Å². The summed E-state index contributed by atoms with van der Waals surface area (Å²) in [7, 11) is 0. The highest BCUT2D eigenvalue weighted by Gasteiger charge is 2.27. The van der Waals surface area contributed by atoms with Crippen LogP contribution in [0.15, 0.2) is 42.9 Å². The van der Waals surface area contributed by atoms with Crippen LogP contribution in [-0.2, 0) is 4.74 Å². The number of carbonyl (C=O) groups is 2. The maximum atomic E-state index is 12.8. The summed E-state index contributed by atoms with van der Waals surface area (Å²) in [5.41, 5.74) is 1.41. The number of amides is 2. The van der Waals surface area contributed by atoms with E-state index in [1.165, 1.54) is 0 Å². The minimum atomic E-state index is -0.320. The second-order valence-electron chi connectivity index (χ2n) is 5.46. The lowest BCUT2D eigenvalue weighted by Gasteiger charge is -2.34. The summed E-state index contributed by atoms with van der Waals surface area (Å²) in [5.74, 6) is -0.0835. The van der Waals surface area contributed by atoms with Crippen LogP contribution in [0.5, 0.6) is 0 Å². The molecule has 0 radical (unpaired) electrons. The van der Waals surface area contributed by atoms with E-state index in [2.05, 4.69) is 4.98 Å². The molecule has 0 N–H and O–H groups in total. The highest BCUT2D eigenvalue weighted by atomic mass is 16.6. The molecule has 0 spiro atoms. The molecule has 1 saturated heterocycles. The van der Waals surface area contributed by atoms with Gasteiger partial charge in [0.2, 0.25) is 0 Å². The first-order chi connectivity index (χ1) is 11.7. The van der Waals surface area contributed by atoms with E-state index < -0.39 is 0 Å². The van der Waals surface area contributed by atoms with E-state index in [4.69, 9.17) is 4.74 Å². The maximum Gasteiger partial charge on any atom is 0.409 e. The third kappa shape index (κ3) is 3.24. The van der Waals surface area contributed by atoms with Gasteiger partial charge in [-0.3, -0.25) is 9.36 Å². The quantitative estimate of drug-likeness (QED) is 0.861. The molecule has 0 unspecified atom stereocenters. The molecule has 3 rings (SSSR count). The van der Waals surface area contributed by atoms with Crippen molar-refractivity contribution >= 4 is 12.0 Å². The van der Waals surface area contributed by atoms with Gasteiger partial charge < -0.3 is 14.5 Å². The fourth-order valence-corrected chi connectivity index (χ4v) is 2.72. The first-order valence-corrected chi connectivity index (χ1v) is 7.99.